The average Bonchev–Trinajstić information content (AvgIpc) is 2.91. The van der Waals surface area contributed by atoms with Gasteiger partial charge in [-0.2, -0.15) is 0 Å². The van der Waals surface area contributed by atoms with Crippen molar-refractivity contribution in [3.63, 3.8) is 0 Å². The van der Waals surface area contributed by atoms with E-state index in [1.165, 1.54) is 0 Å². The van der Waals surface area contributed by atoms with Crippen molar-refractivity contribution in [2.75, 3.05) is 20.2 Å². The maximum atomic E-state index is 12.3. The van der Waals surface area contributed by atoms with E-state index in [-0.39, 0.29) is 12.5 Å². The molecule has 118 valence electrons. The number of amides is 1. The Bertz CT molecular complexity index is 606. The van der Waals surface area contributed by atoms with Gasteiger partial charge in [-0.25, -0.2) is 0 Å². The maximum Gasteiger partial charge on any atom is 0.311 e. The number of carbonyl (C=O) groups is 2. The summed E-state index contributed by atoms with van der Waals surface area (Å²) in [5.74, 6) is -0.225. The summed E-state index contributed by atoms with van der Waals surface area (Å²) in [5.41, 5.74) is 0.947. The van der Waals surface area contributed by atoms with Crippen LogP contribution in [0.3, 0.4) is 0 Å². The maximum absolute atomic E-state index is 12.3. The minimum Gasteiger partial charge on any atom is -0.497 e. The van der Waals surface area contributed by atoms with Crippen LogP contribution in [0.5, 0.6) is 5.75 Å². The molecule has 1 saturated heterocycles. The molecule has 1 fully saturated rings. The summed E-state index contributed by atoms with van der Waals surface area (Å²) >= 11 is 0. The van der Waals surface area contributed by atoms with Gasteiger partial charge in [0.2, 0.25) is 5.91 Å². The molecule has 0 radical (unpaired) electrons. The summed E-state index contributed by atoms with van der Waals surface area (Å²) in [6.07, 6.45) is 2.05. The molecule has 0 saturated carbocycles. The molecule has 1 amide bonds. The topological polar surface area (TPSA) is 66.8 Å². The number of likely N-dealkylation sites (tertiary alicyclic amines) is 1. The lowest BCUT2D eigenvalue weighted by Crippen LogP contribution is -2.34. The first-order chi connectivity index (χ1) is 10.4. The first-order valence-corrected chi connectivity index (χ1v) is 7.21. The van der Waals surface area contributed by atoms with E-state index in [0.29, 0.717) is 13.0 Å². The lowest BCUT2D eigenvalue weighted by Gasteiger charge is -2.19. The van der Waals surface area contributed by atoms with Crippen LogP contribution in [-0.4, -0.2) is 42.1 Å². The number of ether oxygens (including phenoxy) is 1. The van der Waals surface area contributed by atoms with Gasteiger partial charge in [-0.15, -0.1) is 0 Å². The van der Waals surface area contributed by atoms with E-state index in [9.17, 15) is 14.7 Å². The molecule has 5 heteroatoms. The van der Waals surface area contributed by atoms with Gasteiger partial charge in [0.25, 0.3) is 0 Å². The van der Waals surface area contributed by atoms with Gasteiger partial charge < -0.3 is 14.7 Å². The molecule has 1 aliphatic rings. The predicted molar refractivity (Wildman–Crippen MR) is 83.6 cm³/mol. The van der Waals surface area contributed by atoms with Crippen LogP contribution in [0.2, 0.25) is 0 Å². The first-order valence-electron chi connectivity index (χ1n) is 7.21. The van der Waals surface area contributed by atoms with Crippen molar-refractivity contribution in [3.05, 3.63) is 35.9 Å². The fourth-order valence-corrected chi connectivity index (χ4v) is 2.54. The summed E-state index contributed by atoms with van der Waals surface area (Å²) in [7, 11) is 1.61. The van der Waals surface area contributed by atoms with Gasteiger partial charge in [-0.3, -0.25) is 9.59 Å². The number of methoxy groups -OCH3 is 1. The summed E-state index contributed by atoms with van der Waals surface area (Å²) in [5, 5.41) is 9.22. The van der Waals surface area contributed by atoms with E-state index >= 15 is 0 Å². The number of carboxylic acids is 1. The van der Waals surface area contributed by atoms with Crippen molar-refractivity contribution in [2.24, 2.45) is 5.41 Å². The molecule has 1 aliphatic heterocycles. The second kappa shape index (κ2) is 6.22. The van der Waals surface area contributed by atoms with Crippen LogP contribution < -0.4 is 4.74 Å². The molecule has 1 N–H and O–H groups in total. The third-order valence-corrected chi connectivity index (χ3v) is 4.19. The molecule has 0 aliphatic carbocycles. The second-order valence-electron chi connectivity index (χ2n) is 5.93. The number of hydrogen-bond donors (Lipinski definition) is 1. The Morgan fingerprint density at radius 3 is 2.45 bits per heavy atom. The fourth-order valence-electron chi connectivity index (χ4n) is 2.54. The van der Waals surface area contributed by atoms with Gasteiger partial charge in [0.1, 0.15) is 5.75 Å². The smallest absolute Gasteiger partial charge is 0.311 e. The number of carboxylic acid groups (broad SMARTS) is 1. The Hall–Kier alpha value is -2.30. The molecular weight excluding hydrogens is 282 g/mol. The highest BCUT2D eigenvalue weighted by molar-refractivity contribution is 5.95. The third kappa shape index (κ3) is 3.30. The molecule has 0 spiro atoms. The van der Waals surface area contributed by atoms with E-state index < -0.39 is 11.4 Å². The zero-order valence-electron chi connectivity index (χ0n) is 13.1. The van der Waals surface area contributed by atoms with Gasteiger partial charge in [-0.05, 0) is 43.5 Å². The van der Waals surface area contributed by atoms with Crippen LogP contribution in [0.25, 0.3) is 5.57 Å². The Labute approximate surface area is 130 Å². The van der Waals surface area contributed by atoms with Crippen LogP contribution in [0, 0.1) is 5.41 Å². The van der Waals surface area contributed by atoms with Crippen molar-refractivity contribution in [1.29, 1.82) is 0 Å². The lowest BCUT2D eigenvalue weighted by atomic mass is 9.90. The Morgan fingerprint density at radius 2 is 1.95 bits per heavy atom. The van der Waals surface area contributed by atoms with Crippen LogP contribution in [0.15, 0.2) is 30.3 Å². The fraction of sp³-hybridized carbons (Fsp3) is 0.412. The predicted octanol–water partition coefficient (Wildman–Crippen LogP) is 2.42. The summed E-state index contributed by atoms with van der Waals surface area (Å²) in [6.45, 7) is 4.29. The summed E-state index contributed by atoms with van der Waals surface area (Å²) < 4.78 is 5.11. The lowest BCUT2D eigenvalue weighted by molar-refractivity contribution is -0.147. The van der Waals surface area contributed by atoms with E-state index in [2.05, 4.69) is 0 Å². The van der Waals surface area contributed by atoms with Gasteiger partial charge in [-0.1, -0.05) is 12.1 Å². The first kappa shape index (κ1) is 16.1. The van der Waals surface area contributed by atoms with Crippen molar-refractivity contribution < 1.29 is 19.4 Å². The van der Waals surface area contributed by atoms with E-state index in [0.717, 1.165) is 16.9 Å². The number of rotatable bonds is 4. The van der Waals surface area contributed by atoms with Crippen molar-refractivity contribution >= 4 is 17.4 Å². The largest absolute Gasteiger partial charge is 0.497 e. The summed E-state index contributed by atoms with van der Waals surface area (Å²) in [4.78, 5) is 25.1. The van der Waals surface area contributed by atoms with Gasteiger partial charge in [0.15, 0.2) is 0 Å². The SMILES string of the molecule is COc1ccc(/C(C)=C/C(=O)N2CCC(C)(C(=O)O)C2)cc1. The molecular formula is C17H21NO4. The highest BCUT2D eigenvalue weighted by atomic mass is 16.5. The molecule has 0 bridgehead atoms. The molecule has 1 aromatic carbocycles. The van der Waals surface area contributed by atoms with Crippen molar-refractivity contribution in [2.45, 2.75) is 20.3 Å². The molecule has 0 aromatic heterocycles. The number of carbonyl (C=O) groups excluding carboxylic acids is 1. The number of hydrogen-bond acceptors (Lipinski definition) is 3. The Morgan fingerprint density at radius 1 is 1.32 bits per heavy atom. The number of allylic oxidation sites excluding steroid dienone is 1. The van der Waals surface area contributed by atoms with E-state index in [4.69, 9.17) is 4.74 Å². The molecule has 22 heavy (non-hydrogen) atoms. The monoisotopic (exact) mass is 303 g/mol. The normalized spacial score (nSPS) is 21.8. The van der Waals surface area contributed by atoms with Crippen LogP contribution in [0.4, 0.5) is 0 Å². The van der Waals surface area contributed by atoms with Crippen molar-refractivity contribution in [1.82, 2.24) is 4.90 Å². The minimum atomic E-state index is -0.848. The van der Waals surface area contributed by atoms with Crippen molar-refractivity contribution in [3.8, 4) is 5.75 Å². The van der Waals surface area contributed by atoms with Gasteiger partial charge >= 0.3 is 5.97 Å². The highest BCUT2D eigenvalue weighted by Gasteiger charge is 2.41. The Balaban J connectivity index is 2.08. The second-order valence-corrected chi connectivity index (χ2v) is 5.93. The number of aliphatic carboxylic acids is 1. The quantitative estimate of drug-likeness (QED) is 0.868. The van der Waals surface area contributed by atoms with E-state index in [1.807, 2.05) is 31.2 Å². The third-order valence-electron chi connectivity index (χ3n) is 4.19. The zero-order chi connectivity index (χ0) is 16.3. The average molecular weight is 303 g/mol. The highest BCUT2D eigenvalue weighted by Crippen LogP contribution is 2.30. The standard InChI is InChI=1S/C17H21NO4/c1-12(13-4-6-14(22-3)7-5-13)10-15(19)18-9-8-17(2,11-18)16(20)21/h4-7,10H,8-9,11H2,1-3H3,(H,20,21)/b12-10+. The van der Waals surface area contributed by atoms with Crippen LogP contribution >= 0.6 is 0 Å². The minimum absolute atomic E-state index is 0.140. The summed E-state index contributed by atoms with van der Waals surface area (Å²) in [6, 6.07) is 7.47. The molecule has 1 heterocycles. The molecule has 1 unspecified atom stereocenters. The van der Waals surface area contributed by atoms with E-state index in [1.54, 1.807) is 25.0 Å². The van der Waals surface area contributed by atoms with Crippen LogP contribution in [-0.2, 0) is 9.59 Å². The van der Waals surface area contributed by atoms with Gasteiger partial charge in [0, 0.05) is 19.2 Å². The number of nitrogens with zero attached hydrogens (tertiary/aromatic N) is 1. The Kier molecular flexibility index (Phi) is 4.54. The zero-order valence-corrected chi connectivity index (χ0v) is 13.1. The molecule has 2 rings (SSSR count). The van der Waals surface area contributed by atoms with Crippen LogP contribution in [0.1, 0.15) is 25.8 Å². The molecule has 1 atom stereocenters. The number of benzene rings is 1. The van der Waals surface area contributed by atoms with Gasteiger partial charge in [0.05, 0.1) is 12.5 Å². The molecule has 1 aromatic rings. The molecule has 5 nitrogen and oxygen atoms in total.